The van der Waals surface area contributed by atoms with Gasteiger partial charge in [-0.25, -0.2) is 0 Å². The van der Waals surface area contributed by atoms with E-state index in [1.165, 1.54) is 19.3 Å². The summed E-state index contributed by atoms with van der Waals surface area (Å²) in [6.45, 7) is 15.2. The molecule has 2 heteroatoms. The third kappa shape index (κ3) is 6.42. The van der Waals surface area contributed by atoms with Crippen LogP contribution in [0.1, 0.15) is 67.2 Å². The monoisotopic (exact) mass is 243 g/mol. The van der Waals surface area contributed by atoms with Crippen LogP contribution in [0.25, 0.3) is 0 Å². The Bertz CT molecular complexity index is 182. The molecule has 104 valence electrons. The van der Waals surface area contributed by atoms with E-state index in [-0.39, 0.29) is 5.60 Å². The molecule has 0 aromatic carbocycles. The lowest BCUT2D eigenvalue weighted by atomic mass is 9.88. The van der Waals surface area contributed by atoms with Crippen molar-refractivity contribution in [3.8, 4) is 0 Å². The minimum Gasteiger partial charge on any atom is -0.374 e. The summed E-state index contributed by atoms with van der Waals surface area (Å²) in [5, 5.41) is 3.61. The van der Waals surface area contributed by atoms with Crippen molar-refractivity contribution < 1.29 is 4.74 Å². The summed E-state index contributed by atoms with van der Waals surface area (Å²) in [7, 11) is 0. The molecule has 1 N–H and O–H groups in total. The first-order valence-corrected chi connectivity index (χ1v) is 7.37. The molecule has 0 aliphatic carbocycles. The molecule has 0 heterocycles. The molecule has 0 aliphatic rings. The van der Waals surface area contributed by atoms with Crippen molar-refractivity contribution in [2.45, 2.75) is 78.9 Å². The fraction of sp³-hybridized carbons (Fsp3) is 1.00. The molecule has 0 spiro atoms. The predicted octanol–water partition coefficient (Wildman–Crippen LogP) is 4.00. The van der Waals surface area contributed by atoms with Crippen molar-refractivity contribution >= 4 is 0 Å². The van der Waals surface area contributed by atoms with E-state index in [4.69, 9.17) is 4.74 Å². The van der Waals surface area contributed by atoms with Crippen LogP contribution in [0.5, 0.6) is 0 Å². The van der Waals surface area contributed by atoms with Gasteiger partial charge >= 0.3 is 0 Å². The van der Waals surface area contributed by atoms with Crippen LogP contribution in [0.4, 0.5) is 0 Å². The molecule has 17 heavy (non-hydrogen) atoms. The summed E-state index contributed by atoms with van der Waals surface area (Å²) < 4.78 is 5.99. The van der Waals surface area contributed by atoms with Gasteiger partial charge in [0.15, 0.2) is 0 Å². The Morgan fingerprint density at radius 1 is 1.12 bits per heavy atom. The van der Waals surface area contributed by atoms with Crippen LogP contribution < -0.4 is 5.32 Å². The van der Waals surface area contributed by atoms with Gasteiger partial charge < -0.3 is 10.1 Å². The van der Waals surface area contributed by atoms with E-state index in [2.05, 4.69) is 46.9 Å². The fourth-order valence-electron chi connectivity index (χ4n) is 2.38. The first-order valence-electron chi connectivity index (χ1n) is 7.37. The molecule has 0 rings (SSSR count). The van der Waals surface area contributed by atoms with Crippen molar-refractivity contribution in [1.82, 2.24) is 5.32 Å². The smallest absolute Gasteiger partial charge is 0.0803 e. The molecule has 0 aromatic rings. The van der Waals surface area contributed by atoms with Gasteiger partial charge in [0.1, 0.15) is 0 Å². The van der Waals surface area contributed by atoms with Gasteiger partial charge in [0.25, 0.3) is 0 Å². The molecule has 0 aromatic heterocycles. The number of hydrogen-bond donors (Lipinski definition) is 1. The van der Waals surface area contributed by atoms with Gasteiger partial charge in [-0.3, -0.25) is 0 Å². The Hall–Kier alpha value is -0.0800. The number of likely N-dealkylation sites (N-methyl/N-ethyl adjacent to an activating group) is 1. The zero-order valence-electron chi connectivity index (χ0n) is 12.8. The van der Waals surface area contributed by atoms with Crippen molar-refractivity contribution in [2.75, 3.05) is 13.2 Å². The van der Waals surface area contributed by atoms with Gasteiger partial charge in [0, 0.05) is 12.6 Å². The summed E-state index contributed by atoms with van der Waals surface area (Å²) >= 11 is 0. The molecule has 2 nitrogen and oxygen atoms in total. The Morgan fingerprint density at radius 2 is 1.76 bits per heavy atom. The van der Waals surface area contributed by atoms with Gasteiger partial charge in [-0.05, 0) is 39.2 Å². The maximum Gasteiger partial charge on any atom is 0.0803 e. The van der Waals surface area contributed by atoms with Crippen molar-refractivity contribution in [3.63, 3.8) is 0 Å². The van der Waals surface area contributed by atoms with Crippen LogP contribution in [0, 0.1) is 5.92 Å². The van der Waals surface area contributed by atoms with Crippen LogP contribution in [-0.4, -0.2) is 24.8 Å². The molecular weight excluding hydrogens is 210 g/mol. The first-order chi connectivity index (χ1) is 8.00. The van der Waals surface area contributed by atoms with Crippen molar-refractivity contribution in [3.05, 3.63) is 0 Å². The van der Waals surface area contributed by atoms with E-state index >= 15 is 0 Å². The van der Waals surface area contributed by atoms with Crippen LogP contribution in [0.15, 0.2) is 0 Å². The topological polar surface area (TPSA) is 21.3 Å². The van der Waals surface area contributed by atoms with Gasteiger partial charge in [-0.1, -0.05) is 40.5 Å². The molecule has 0 amide bonds. The summed E-state index contributed by atoms with van der Waals surface area (Å²) in [6, 6.07) is 0.483. The molecule has 0 radical (unpaired) electrons. The van der Waals surface area contributed by atoms with Gasteiger partial charge in [0.2, 0.25) is 0 Å². The summed E-state index contributed by atoms with van der Waals surface area (Å²) in [5.74, 6) is 0.803. The van der Waals surface area contributed by atoms with E-state index < -0.39 is 0 Å². The number of ether oxygens (including phenoxy) is 1. The van der Waals surface area contributed by atoms with E-state index in [0.29, 0.717) is 6.04 Å². The minimum absolute atomic E-state index is 0.0122. The maximum atomic E-state index is 5.99. The number of nitrogens with one attached hydrogen (secondary N) is 1. The van der Waals surface area contributed by atoms with E-state index in [1.807, 2.05) is 0 Å². The molecule has 0 aliphatic heterocycles. The average molecular weight is 243 g/mol. The second-order valence-corrected chi connectivity index (χ2v) is 5.53. The highest BCUT2D eigenvalue weighted by molar-refractivity contribution is 4.88. The number of hydrogen-bond acceptors (Lipinski definition) is 2. The van der Waals surface area contributed by atoms with Crippen molar-refractivity contribution in [1.29, 1.82) is 0 Å². The average Bonchev–Trinajstić information content (AvgIpc) is 2.27. The maximum absolute atomic E-state index is 5.99. The predicted molar refractivity (Wildman–Crippen MR) is 76.5 cm³/mol. The van der Waals surface area contributed by atoms with Gasteiger partial charge in [-0.2, -0.15) is 0 Å². The molecular formula is C15H33NO. The minimum atomic E-state index is -0.0122. The molecule has 0 fully saturated rings. The van der Waals surface area contributed by atoms with Crippen LogP contribution in [0.2, 0.25) is 0 Å². The Labute approximate surface area is 109 Å². The lowest BCUT2D eigenvalue weighted by Gasteiger charge is -2.37. The van der Waals surface area contributed by atoms with Gasteiger partial charge in [-0.15, -0.1) is 0 Å². The lowest BCUT2D eigenvalue weighted by molar-refractivity contribution is -0.0572. The van der Waals surface area contributed by atoms with E-state index in [1.54, 1.807) is 0 Å². The highest BCUT2D eigenvalue weighted by Crippen LogP contribution is 2.24. The Kier molecular flexibility index (Phi) is 8.89. The van der Waals surface area contributed by atoms with E-state index in [9.17, 15) is 0 Å². The van der Waals surface area contributed by atoms with Crippen molar-refractivity contribution in [2.24, 2.45) is 5.92 Å². The largest absolute Gasteiger partial charge is 0.374 e. The Balaban J connectivity index is 4.35. The lowest BCUT2D eigenvalue weighted by Crippen LogP contribution is -2.50. The quantitative estimate of drug-likeness (QED) is 0.626. The molecule has 2 unspecified atom stereocenters. The molecule has 2 atom stereocenters. The first kappa shape index (κ1) is 16.9. The Morgan fingerprint density at radius 3 is 2.18 bits per heavy atom. The fourth-order valence-corrected chi connectivity index (χ4v) is 2.38. The second-order valence-electron chi connectivity index (χ2n) is 5.53. The van der Waals surface area contributed by atoms with Crippen LogP contribution >= 0.6 is 0 Å². The highest BCUT2D eigenvalue weighted by atomic mass is 16.5. The highest BCUT2D eigenvalue weighted by Gasteiger charge is 2.32. The summed E-state index contributed by atoms with van der Waals surface area (Å²) in [6.07, 6.45) is 4.89. The summed E-state index contributed by atoms with van der Waals surface area (Å²) in [5.41, 5.74) is -0.0122. The van der Waals surface area contributed by atoms with Crippen LogP contribution in [-0.2, 0) is 4.74 Å². The third-order valence-corrected chi connectivity index (χ3v) is 3.64. The molecule has 0 saturated heterocycles. The normalized spacial score (nSPS) is 17.1. The summed E-state index contributed by atoms with van der Waals surface area (Å²) in [4.78, 5) is 0. The molecule has 0 saturated carbocycles. The SMILES string of the molecule is CCNC(CCCC(C)C)C(C)(CC)OCC. The van der Waals surface area contributed by atoms with E-state index in [0.717, 1.165) is 25.5 Å². The zero-order valence-corrected chi connectivity index (χ0v) is 12.8. The standard InChI is InChI=1S/C15H33NO/c1-7-15(6,17-9-3)14(16-8-2)12-10-11-13(4)5/h13-14,16H,7-12H2,1-6H3. The number of rotatable bonds is 10. The third-order valence-electron chi connectivity index (χ3n) is 3.64. The molecule has 0 bridgehead atoms. The van der Waals surface area contributed by atoms with Gasteiger partial charge in [0.05, 0.1) is 5.60 Å². The zero-order chi connectivity index (χ0) is 13.3. The van der Waals surface area contributed by atoms with Crippen LogP contribution in [0.3, 0.4) is 0 Å². The second kappa shape index (κ2) is 8.93.